The molecule has 1 aromatic carbocycles. The standard InChI is InChI=1S/C16H16ClN3O3/c17-12-8-10(16(22)23)4-5-11(12)15(21)19-13-2-1-3-14(13)20-7-6-18-9-20/h4-9,13-14H,1-3H2,(H,19,21)(H,22,23)/t13-,14+/m1/s1. The largest absolute Gasteiger partial charge is 0.478 e. The van der Waals surface area contributed by atoms with Crippen LogP contribution in [0.5, 0.6) is 0 Å². The van der Waals surface area contributed by atoms with E-state index < -0.39 is 5.97 Å². The first-order valence-electron chi connectivity index (χ1n) is 7.37. The van der Waals surface area contributed by atoms with Gasteiger partial charge in [-0.1, -0.05) is 11.6 Å². The summed E-state index contributed by atoms with van der Waals surface area (Å²) in [5.41, 5.74) is 0.344. The summed E-state index contributed by atoms with van der Waals surface area (Å²) in [5.74, 6) is -1.36. The minimum absolute atomic E-state index is 0.00640. The number of aromatic carboxylic acids is 1. The molecule has 0 spiro atoms. The van der Waals surface area contributed by atoms with E-state index in [4.69, 9.17) is 16.7 Å². The number of rotatable bonds is 4. The van der Waals surface area contributed by atoms with Crippen LogP contribution in [0.25, 0.3) is 0 Å². The summed E-state index contributed by atoms with van der Waals surface area (Å²) in [6, 6.07) is 4.30. The van der Waals surface area contributed by atoms with Crippen molar-refractivity contribution in [2.45, 2.75) is 31.3 Å². The van der Waals surface area contributed by atoms with Crippen LogP contribution in [-0.2, 0) is 0 Å². The van der Waals surface area contributed by atoms with Crippen LogP contribution in [0.3, 0.4) is 0 Å². The van der Waals surface area contributed by atoms with Crippen LogP contribution in [0.15, 0.2) is 36.9 Å². The molecule has 120 valence electrons. The Morgan fingerprint density at radius 2 is 2.17 bits per heavy atom. The van der Waals surface area contributed by atoms with Crippen molar-refractivity contribution >= 4 is 23.5 Å². The topological polar surface area (TPSA) is 84.2 Å². The molecule has 1 saturated carbocycles. The number of amides is 1. The number of nitrogens with zero attached hydrogens (tertiary/aromatic N) is 2. The average molecular weight is 334 g/mol. The van der Waals surface area contributed by atoms with Crippen molar-refractivity contribution in [1.29, 1.82) is 0 Å². The lowest BCUT2D eigenvalue weighted by molar-refractivity contribution is 0.0696. The number of aromatic nitrogens is 2. The van der Waals surface area contributed by atoms with E-state index in [0.717, 1.165) is 19.3 Å². The second-order valence-corrected chi connectivity index (χ2v) is 6.00. The molecule has 0 aliphatic heterocycles. The van der Waals surface area contributed by atoms with Gasteiger partial charge in [-0.25, -0.2) is 9.78 Å². The number of benzene rings is 1. The van der Waals surface area contributed by atoms with Gasteiger partial charge in [0.1, 0.15) is 0 Å². The predicted octanol–water partition coefficient (Wildman–Crippen LogP) is 2.76. The number of carbonyl (C=O) groups is 2. The highest BCUT2D eigenvalue weighted by Gasteiger charge is 2.30. The zero-order valence-corrected chi connectivity index (χ0v) is 13.0. The molecule has 0 radical (unpaired) electrons. The predicted molar refractivity (Wildman–Crippen MR) is 84.8 cm³/mol. The van der Waals surface area contributed by atoms with Crippen molar-refractivity contribution in [3.8, 4) is 0 Å². The zero-order valence-electron chi connectivity index (χ0n) is 12.3. The SMILES string of the molecule is O=C(O)c1ccc(C(=O)N[C@@H]2CCC[C@@H]2n2ccnc2)c(Cl)c1. The van der Waals surface area contributed by atoms with Crippen LogP contribution < -0.4 is 5.32 Å². The van der Waals surface area contributed by atoms with Gasteiger partial charge in [-0.3, -0.25) is 4.79 Å². The number of hydrogen-bond acceptors (Lipinski definition) is 3. The quantitative estimate of drug-likeness (QED) is 0.901. The second-order valence-electron chi connectivity index (χ2n) is 5.59. The average Bonchev–Trinajstić information content (AvgIpc) is 3.17. The molecule has 1 amide bonds. The molecule has 1 aliphatic carbocycles. The third-order valence-electron chi connectivity index (χ3n) is 4.16. The first-order valence-corrected chi connectivity index (χ1v) is 7.75. The van der Waals surface area contributed by atoms with Crippen molar-refractivity contribution in [3.05, 3.63) is 53.1 Å². The van der Waals surface area contributed by atoms with E-state index >= 15 is 0 Å². The molecule has 1 aromatic heterocycles. The molecule has 3 rings (SSSR count). The van der Waals surface area contributed by atoms with Crippen molar-refractivity contribution in [2.75, 3.05) is 0 Å². The molecular weight excluding hydrogens is 318 g/mol. The van der Waals surface area contributed by atoms with E-state index in [1.165, 1.54) is 18.2 Å². The molecule has 2 atom stereocenters. The monoisotopic (exact) mass is 333 g/mol. The van der Waals surface area contributed by atoms with Gasteiger partial charge in [0.15, 0.2) is 0 Å². The van der Waals surface area contributed by atoms with Gasteiger partial charge in [0.2, 0.25) is 0 Å². The third-order valence-corrected chi connectivity index (χ3v) is 4.48. The fourth-order valence-corrected chi connectivity index (χ4v) is 3.28. The zero-order chi connectivity index (χ0) is 16.4. The smallest absolute Gasteiger partial charge is 0.335 e. The lowest BCUT2D eigenvalue weighted by Gasteiger charge is -2.22. The summed E-state index contributed by atoms with van der Waals surface area (Å²) in [6.45, 7) is 0. The summed E-state index contributed by atoms with van der Waals surface area (Å²) in [7, 11) is 0. The van der Waals surface area contributed by atoms with Crippen molar-refractivity contribution in [2.24, 2.45) is 0 Å². The maximum absolute atomic E-state index is 12.4. The normalized spacial score (nSPS) is 20.4. The highest BCUT2D eigenvalue weighted by molar-refractivity contribution is 6.34. The first-order chi connectivity index (χ1) is 11.1. The number of hydrogen-bond donors (Lipinski definition) is 2. The van der Waals surface area contributed by atoms with Gasteiger partial charge < -0.3 is 15.0 Å². The molecule has 0 unspecified atom stereocenters. The Balaban J connectivity index is 1.75. The molecular formula is C16H16ClN3O3. The molecule has 0 bridgehead atoms. The minimum atomic E-state index is -1.07. The van der Waals surface area contributed by atoms with Crippen LogP contribution in [0.4, 0.5) is 0 Å². The van der Waals surface area contributed by atoms with Crippen LogP contribution >= 0.6 is 11.6 Å². The summed E-state index contributed by atoms with van der Waals surface area (Å²) in [5, 5.41) is 12.1. The minimum Gasteiger partial charge on any atom is -0.478 e. The fraction of sp³-hybridized carbons (Fsp3) is 0.312. The van der Waals surface area contributed by atoms with Gasteiger partial charge in [-0.15, -0.1) is 0 Å². The van der Waals surface area contributed by atoms with Crippen molar-refractivity contribution < 1.29 is 14.7 Å². The maximum Gasteiger partial charge on any atom is 0.335 e. The lowest BCUT2D eigenvalue weighted by atomic mass is 10.1. The van der Waals surface area contributed by atoms with Crippen LogP contribution in [0, 0.1) is 0 Å². The Morgan fingerprint density at radius 3 is 2.83 bits per heavy atom. The summed E-state index contributed by atoms with van der Waals surface area (Å²) in [4.78, 5) is 27.4. The number of imidazole rings is 1. The second kappa shape index (κ2) is 6.42. The fourth-order valence-electron chi connectivity index (χ4n) is 3.01. The van der Waals surface area contributed by atoms with E-state index in [1.54, 1.807) is 12.5 Å². The number of carboxylic acid groups (broad SMARTS) is 1. The number of carboxylic acids is 1. The Morgan fingerprint density at radius 1 is 1.35 bits per heavy atom. The van der Waals surface area contributed by atoms with E-state index in [1.807, 2.05) is 10.8 Å². The Kier molecular flexibility index (Phi) is 4.34. The summed E-state index contributed by atoms with van der Waals surface area (Å²) < 4.78 is 2.01. The van der Waals surface area contributed by atoms with E-state index in [0.29, 0.717) is 0 Å². The molecule has 1 fully saturated rings. The molecule has 0 saturated heterocycles. The number of carbonyl (C=O) groups excluding carboxylic acids is 1. The van der Waals surface area contributed by atoms with Crippen LogP contribution in [-0.4, -0.2) is 32.6 Å². The molecule has 6 nitrogen and oxygen atoms in total. The van der Waals surface area contributed by atoms with Gasteiger partial charge in [0, 0.05) is 18.4 Å². The maximum atomic E-state index is 12.4. The van der Waals surface area contributed by atoms with Gasteiger partial charge in [0.05, 0.1) is 28.5 Å². The van der Waals surface area contributed by atoms with Crippen LogP contribution in [0.2, 0.25) is 5.02 Å². The van der Waals surface area contributed by atoms with Crippen molar-refractivity contribution in [3.63, 3.8) is 0 Å². The Bertz CT molecular complexity index is 730. The van der Waals surface area contributed by atoms with E-state index in [2.05, 4.69) is 10.3 Å². The first kappa shape index (κ1) is 15.6. The molecule has 7 heteroatoms. The third kappa shape index (κ3) is 3.22. The Hall–Kier alpha value is -2.34. The van der Waals surface area contributed by atoms with Gasteiger partial charge >= 0.3 is 5.97 Å². The van der Waals surface area contributed by atoms with Crippen LogP contribution in [0.1, 0.15) is 46.0 Å². The molecule has 2 N–H and O–H groups in total. The number of nitrogens with one attached hydrogen (secondary N) is 1. The molecule has 23 heavy (non-hydrogen) atoms. The van der Waals surface area contributed by atoms with Gasteiger partial charge in [-0.05, 0) is 37.5 Å². The van der Waals surface area contributed by atoms with E-state index in [9.17, 15) is 9.59 Å². The molecule has 1 aliphatic rings. The summed E-state index contributed by atoms with van der Waals surface area (Å²) in [6.07, 6.45) is 8.26. The summed E-state index contributed by atoms with van der Waals surface area (Å²) >= 11 is 6.05. The molecule has 1 heterocycles. The highest BCUT2D eigenvalue weighted by Crippen LogP contribution is 2.30. The molecule has 2 aromatic rings. The Labute approximate surface area is 138 Å². The van der Waals surface area contributed by atoms with Gasteiger partial charge in [0.25, 0.3) is 5.91 Å². The highest BCUT2D eigenvalue weighted by atomic mass is 35.5. The van der Waals surface area contributed by atoms with E-state index in [-0.39, 0.29) is 34.1 Å². The number of halogens is 1. The van der Waals surface area contributed by atoms with Crippen molar-refractivity contribution in [1.82, 2.24) is 14.9 Å². The van der Waals surface area contributed by atoms with Gasteiger partial charge in [-0.2, -0.15) is 0 Å². The lowest BCUT2D eigenvalue weighted by Crippen LogP contribution is -2.38.